The predicted molar refractivity (Wildman–Crippen MR) is 112 cm³/mol. The highest BCUT2D eigenvalue weighted by atomic mass is 35.5. The summed E-state index contributed by atoms with van der Waals surface area (Å²) < 4.78 is 5.92. The molecule has 31 heavy (non-hydrogen) atoms. The SMILES string of the molecule is Clc1cccc(CNc2nccc(-c3nnc(N4CC5C(C4)C5c4cn[nH]n4)o3)n2)c1. The van der Waals surface area contributed by atoms with Crippen LogP contribution in [0.3, 0.4) is 0 Å². The van der Waals surface area contributed by atoms with Crippen LogP contribution >= 0.6 is 11.6 Å². The minimum atomic E-state index is 0.372. The molecule has 1 aromatic carbocycles. The van der Waals surface area contributed by atoms with E-state index in [2.05, 4.69) is 45.8 Å². The van der Waals surface area contributed by atoms with Crippen LogP contribution in [0.5, 0.6) is 0 Å². The molecule has 2 unspecified atom stereocenters. The molecule has 0 radical (unpaired) electrons. The summed E-state index contributed by atoms with van der Waals surface area (Å²) in [5.41, 5.74) is 2.66. The maximum atomic E-state index is 6.04. The number of fused-ring (bicyclic) bond motifs is 1. The van der Waals surface area contributed by atoms with Crippen LogP contribution < -0.4 is 10.2 Å². The van der Waals surface area contributed by atoms with Crippen LogP contribution in [-0.4, -0.2) is 48.7 Å². The number of nitrogens with one attached hydrogen (secondary N) is 2. The smallest absolute Gasteiger partial charge is 0.318 e. The molecule has 4 heterocycles. The summed E-state index contributed by atoms with van der Waals surface area (Å²) in [7, 11) is 0. The molecule has 10 nitrogen and oxygen atoms in total. The molecule has 1 saturated heterocycles. The zero-order valence-corrected chi connectivity index (χ0v) is 17.1. The highest BCUT2D eigenvalue weighted by Gasteiger charge is 2.58. The molecule has 1 aliphatic carbocycles. The maximum Gasteiger partial charge on any atom is 0.318 e. The molecule has 2 fully saturated rings. The number of aromatic nitrogens is 7. The topological polar surface area (TPSA) is 122 Å². The molecule has 4 aromatic rings. The van der Waals surface area contributed by atoms with E-state index < -0.39 is 0 Å². The third-order valence-electron chi connectivity index (χ3n) is 5.87. The van der Waals surface area contributed by atoms with Crippen LogP contribution in [0.2, 0.25) is 5.02 Å². The molecule has 1 saturated carbocycles. The van der Waals surface area contributed by atoms with E-state index in [9.17, 15) is 0 Å². The summed E-state index contributed by atoms with van der Waals surface area (Å²) >= 11 is 6.04. The Morgan fingerprint density at radius 2 is 2.10 bits per heavy atom. The molecule has 2 N–H and O–H groups in total. The Hall–Kier alpha value is -3.53. The van der Waals surface area contributed by atoms with E-state index in [-0.39, 0.29) is 0 Å². The number of aromatic amines is 1. The zero-order valence-electron chi connectivity index (χ0n) is 16.3. The quantitative estimate of drug-likeness (QED) is 0.470. The van der Waals surface area contributed by atoms with Crippen molar-refractivity contribution in [2.24, 2.45) is 11.8 Å². The van der Waals surface area contributed by atoms with Crippen molar-refractivity contribution in [1.82, 2.24) is 35.6 Å². The molecule has 11 heteroatoms. The van der Waals surface area contributed by atoms with Crippen molar-refractivity contribution < 1.29 is 4.42 Å². The highest BCUT2D eigenvalue weighted by molar-refractivity contribution is 6.30. The second-order valence-corrected chi connectivity index (χ2v) is 8.23. The molecule has 6 rings (SSSR count). The van der Waals surface area contributed by atoms with Gasteiger partial charge in [-0.1, -0.05) is 28.8 Å². The Morgan fingerprint density at radius 3 is 2.90 bits per heavy atom. The highest BCUT2D eigenvalue weighted by Crippen LogP contribution is 2.58. The summed E-state index contributed by atoms with van der Waals surface area (Å²) in [6.45, 7) is 2.31. The number of halogens is 1. The van der Waals surface area contributed by atoms with E-state index in [1.165, 1.54) is 0 Å². The van der Waals surface area contributed by atoms with Gasteiger partial charge in [-0.3, -0.25) is 0 Å². The summed E-state index contributed by atoms with van der Waals surface area (Å²) in [6, 6.07) is 9.91. The van der Waals surface area contributed by atoms with E-state index in [0.717, 1.165) is 24.3 Å². The molecule has 0 spiro atoms. The van der Waals surface area contributed by atoms with Crippen molar-refractivity contribution >= 4 is 23.6 Å². The third-order valence-corrected chi connectivity index (χ3v) is 6.10. The molecule has 3 aromatic heterocycles. The van der Waals surface area contributed by atoms with Gasteiger partial charge in [0.05, 0.1) is 11.9 Å². The number of hydrogen-bond acceptors (Lipinski definition) is 9. The van der Waals surface area contributed by atoms with Crippen molar-refractivity contribution in [2.75, 3.05) is 23.3 Å². The number of rotatable bonds is 6. The van der Waals surface area contributed by atoms with Gasteiger partial charge in [0.25, 0.3) is 5.89 Å². The van der Waals surface area contributed by atoms with Crippen molar-refractivity contribution in [3.8, 4) is 11.6 Å². The van der Waals surface area contributed by atoms with E-state index in [0.29, 0.717) is 52.9 Å². The number of nitrogens with zero attached hydrogens (tertiary/aromatic N) is 7. The fourth-order valence-electron chi connectivity index (χ4n) is 4.33. The van der Waals surface area contributed by atoms with Crippen LogP contribution in [0, 0.1) is 11.8 Å². The van der Waals surface area contributed by atoms with Gasteiger partial charge in [0, 0.05) is 36.8 Å². The first-order valence-electron chi connectivity index (χ1n) is 10.0. The molecule has 2 aliphatic rings. The number of H-pyrrole nitrogens is 1. The van der Waals surface area contributed by atoms with E-state index in [1.807, 2.05) is 30.5 Å². The Kier molecular flexibility index (Phi) is 4.30. The lowest BCUT2D eigenvalue weighted by Crippen LogP contribution is -2.23. The van der Waals surface area contributed by atoms with Crippen LogP contribution in [0.1, 0.15) is 17.2 Å². The average molecular weight is 436 g/mol. The van der Waals surface area contributed by atoms with E-state index in [4.69, 9.17) is 16.0 Å². The second kappa shape index (κ2) is 7.31. The van der Waals surface area contributed by atoms with Gasteiger partial charge in [0.1, 0.15) is 5.69 Å². The minimum absolute atomic E-state index is 0.372. The van der Waals surface area contributed by atoms with Gasteiger partial charge in [-0.2, -0.15) is 15.4 Å². The monoisotopic (exact) mass is 435 g/mol. The van der Waals surface area contributed by atoms with Gasteiger partial charge in [-0.05, 0) is 35.6 Å². The molecule has 1 aliphatic heterocycles. The third kappa shape index (κ3) is 3.48. The molecule has 0 bridgehead atoms. The van der Waals surface area contributed by atoms with Crippen LogP contribution in [0.25, 0.3) is 11.6 Å². The summed E-state index contributed by atoms with van der Waals surface area (Å²) in [6.07, 6.45) is 3.48. The maximum absolute atomic E-state index is 6.04. The minimum Gasteiger partial charge on any atom is -0.402 e. The van der Waals surface area contributed by atoms with Crippen molar-refractivity contribution in [1.29, 1.82) is 0 Å². The number of anilines is 2. The lowest BCUT2D eigenvalue weighted by molar-refractivity contribution is 0.542. The van der Waals surface area contributed by atoms with Gasteiger partial charge in [0.15, 0.2) is 0 Å². The van der Waals surface area contributed by atoms with Gasteiger partial charge < -0.3 is 14.6 Å². The van der Waals surface area contributed by atoms with E-state index >= 15 is 0 Å². The molecule has 0 amide bonds. The molecular weight excluding hydrogens is 418 g/mol. The number of benzene rings is 1. The normalized spacial score (nSPS) is 21.8. The van der Waals surface area contributed by atoms with Gasteiger partial charge in [-0.15, -0.1) is 5.10 Å². The predicted octanol–water partition coefficient (Wildman–Crippen LogP) is 2.76. The van der Waals surface area contributed by atoms with Gasteiger partial charge in [-0.25, -0.2) is 9.97 Å². The fourth-order valence-corrected chi connectivity index (χ4v) is 4.54. The molecular formula is C20H18ClN9O. The van der Waals surface area contributed by atoms with Crippen LogP contribution in [0.15, 0.2) is 47.1 Å². The number of piperidine rings is 1. The van der Waals surface area contributed by atoms with Gasteiger partial charge >= 0.3 is 6.01 Å². The summed E-state index contributed by atoms with van der Waals surface area (Å²) in [5.74, 6) is 2.45. The Bertz CT molecular complexity index is 1200. The van der Waals surface area contributed by atoms with Crippen molar-refractivity contribution in [3.63, 3.8) is 0 Å². The fraction of sp³-hybridized carbons (Fsp3) is 0.300. The first-order chi connectivity index (χ1) is 15.2. The standard InChI is InChI=1S/C20H18ClN9O/c21-12-3-1-2-11(6-12)7-23-19-22-5-4-15(25-19)18-27-28-20(31-18)30-9-13-14(10-30)17(13)16-8-24-29-26-16/h1-6,8,13-14,17H,7,9-10H2,(H,22,23,25)(H,24,26,29). The largest absolute Gasteiger partial charge is 0.402 e. The van der Waals surface area contributed by atoms with E-state index in [1.54, 1.807) is 12.3 Å². The Balaban J connectivity index is 1.12. The van der Waals surface area contributed by atoms with Crippen LogP contribution in [-0.2, 0) is 6.54 Å². The molecule has 2 atom stereocenters. The lowest BCUT2D eigenvalue weighted by atomic mass is 10.2. The Morgan fingerprint density at radius 1 is 1.19 bits per heavy atom. The lowest BCUT2D eigenvalue weighted by Gasteiger charge is -2.15. The summed E-state index contributed by atoms with van der Waals surface area (Å²) in [5, 5.41) is 23.1. The number of hydrogen-bond donors (Lipinski definition) is 2. The van der Waals surface area contributed by atoms with Crippen LogP contribution in [0.4, 0.5) is 12.0 Å². The Labute approximate surface area is 182 Å². The van der Waals surface area contributed by atoms with Crippen molar-refractivity contribution in [2.45, 2.75) is 12.5 Å². The first-order valence-corrected chi connectivity index (χ1v) is 10.4. The zero-order chi connectivity index (χ0) is 20.8. The molecule has 156 valence electrons. The average Bonchev–Trinajstić information content (AvgIpc) is 3.32. The second-order valence-electron chi connectivity index (χ2n) is 7.79. The van der Waals surface area contributed by atoms with Gasteiger partial charge in [0.2, 0.25) is 5.95 Å². The summed E-state index contributed by atoms with van der Waals surface area (Å²) in [4.78, 5) is 10.9. The van der Waals surface area contributed by atoms with Crippen molar-refractivity contribution in [3.05, 3.63) is 59.0 Å². The first kappa shape index (κ1) is 18.3.